The number of sulfonamides is 1. The molecule has 1 unspecified atom stereocenters. The lowest BCUT2D eigenvalue weighted by molar-refractivity contribution is 0.348. The molecule has 0 bridgehead atoms. The summed E-state index contributed by atoms with van der Waals surface area (Å²) in [5.74, 6) is 0.589. The van der Waals surface area contributed by atoms with Crippen LogP contribution in [0.5, 0.6) is 0 Å². The van der Waals surface area contributed by atoms with Crippen molar-refractivity contribution in [2.75, 3.05) is 7.05 Å². The molecule has 1 atom stereocenters. The zero-order chi connectivity index (χ0) is 17.5. The minimum absolute atomic E-state index is 0.106. The van der Waals surface area contributed by atoms with Crippen molar-refractivity contribution in [1.29, 1.82) is 0 Å². The molecule has 3 rings (SSSR count). The van der Waals surface area contributed by atoms with Crippen LogP contribution in [-0.4, -0.2) is 19.8 Å². The smallest absolute Gasteiger partial charge is 0.244 e. The predicted molar refractivity (Wildman–Crippen MR) is 95.8 cm³/mol. The summed E-state index contributed by atoms with van der Waals surface area (Å²) in [4.78, 5) is 0.106. The van der Waals surface area contributed by atoms with Gasteiger partial charge < -0.3 is 4.42 Å². The summed E-state index contributed by atoms with van der Waals surface area (Å²) in [6, 6.07) is 14.0. The molecule has 0 aliphatic rings. The molecule has 6 heteroatoms. The highest BCUT2D eigenvalue weighted by molar-refractivity contribution is 7.89. The molecule has 24 heavy (non-hydrogen) atoms. The van der Waals surface area contributed by atoms with E-state index in [0.717, 1.165) is 16.5 Å². The first-order valence-electron chi connectivity index (χ1n) is 7.53. The van der Waals surface area contributed by atoms with Crippen LogP contribution in [0.4, 0.5) is 0 Å². The van der Waals surface area contributed by atoms with E-state index < -0.39 is 16.1 Å². The maximum atomic E-state index is 12.9. The summed E-state index contributed by atoms with van der Waals surface area (Å²) in [7, 11) is -2.20. The Labute approximate surface area is 146 Å². The van der Waals surface area contributed by atoms with E-state index in [2.05, 4.69) is 0 Å². The second-order valence-corrected chi connectivity index (χ2v) is 8.19. The fourth-order valence-electron chi connectivity index (χ4n) is 2.56. The molecule has 3 aromatic rings. The van der Waals surface area contributed by atoms with Crippen LogP contribution in [0.3, 0.4) is 0 Å². The number of nitrogens with zero attached hydrogens (tertiary/aromatic N) is 1. The normalized spacial score (nSPS) is 13.5. The van der Waals surface area contributed by atoms with Crippen LogP contribution in [0.25, 0.3) is 11.0 Å². The Morgan fingerprint density at radius 2 is 1.83 bits per heavy atom. The van der Waals surface area contributed by atoms with Crippen LogP contribution in [-0.2, 0) is 10.0 Å². The Kier molecular flexibility index (Phi) is 4.42. The van der Waals surface area contributed by atoms with Gasteiger partial charge in [-0.25, -0.2) is 8.42 Å². The molecule has 126 valence electrons. The van der Waals surface area contributed by atoms with Gasteiger partial charge in [-0.15, -0.1) is 0 Å². The highest BCUT2D eigenvalue weighted by atomic mass is 35.5. The van der Waals surface area contributed by atoms with Gasteiger partial charge in [-0.1, -0.05) is 35.9 Å². The number of hydrogen-bond acceptors (Lipinski definition) is 3. The molecule has 0 saturated heterocycles. The van der Waals surface area contributed by atoms with Crippen molar-refractivity contribution in [1.82, 2.24) is 4.31 Å². The predicted octanol–water partition coefficient (Wildman–Crippen LogP) is 4.78. The van der Waals surface area contributed by atoms with Crippen molar-refractivity contribution in [3.8, 4) is 0 Å². The van der Waals surface area contributed by atoms with Gasteiger partial charge in [0.15, 0.2) is 0 Å². The van der Waals surface area contributed by atoms with Crippen LogP contribution in [0.15, 0.2) is 57.8 Å². The number of fused-ring (bicyclic) bond motifs is 1. The Balaban J connectivity index is 2.00. The van der Waals surface area contributed by atoms with Crippen LogP contribution >= 0.6 is 11.6 Å². The van der Waals surface area contributed by atoms with Crippen molar-refractivity contribution in [3.63, 3.8) is 0 Å². The standard InChI is InChI=1S/C18H18ClNO3S/c1-12-8-9-15(19)18(10-12)24(21,22)20(3)13(2)17-11-14-6-4-5-7-16(14)23-17/h4-11,13H,1-3H3. The lowest BCUT2D eigenvalue weighted by atomic mass is 10.2. The molecule has 4 nitrogen and oxygen atoms in total. The Bertz CT molecular complexity index is 961. The average Bonchev–Trinajstić information content (AvgIpc) is 2.99. The monoisotopic (exact) mass is 363 g/mol. The second kappa shape index (κ2) is 6.24. The summed E-state index contributed by atoms with van der Waals surface area (Å²) in [6.45, 7) is 3.62. The molecule has 0 saturated carbocycles. The molecule has 1 aromatic heterocycles. The molecule has 0 N–H and O–H groups in total. The Hall–Kier alpha value is -1.82. The van der Waals surface area contributed by atoms with Crippen LogP contribution in [0.1, 0.15) is 24.3 Å². The zero-order valence-electron chi connectivity index (χ0n) is 13.7. The minimum Gasteiger partial charge on any atom is -0.459 e. The van der Waals surface area contributed by atoms with Gasteiger partial charge in [-0.2, -0.15) is 4.31 Å². The number of furan rings is 1. The van der Waals surface area contributed by atoms with Gasteiger partial charge in [-0.3, -0.25) is 0 Å². The maximum Gasteiger partial charge on any atom is 0.244 e. The SMILES string of the molecule is Cc1ccc(Cl)c(S(=O)(=O)N(C)C(C)c2cc3ccccc3o2)c1. The molecular weight excluding hydrogens is 346 g/mol. The van der Waals surface area contributed by atoms with Gasteiger partial charge in [-0.05, 0) is 43.7 Å². The molecule has 0 aliphatic carbocycles. The quantitative estimate of drug-likeness (QED) is 0.670. The minimum atomic E-state index is -3.74. The molecule has 0 amide bonds. The van der Waals surface area contributed by atoms with Crippen molar-refractivity contribution < 1.29 is 12.8 Å². The van der Waals surface area contributed by atoms with Crippen molar-refractivity contribution in [3.05, 3.63) is 64.9 Å². The number of rotatable bonds is 4. The van der Waals surface area contributed by atoms with Crippen molar-refractivity contribution in [2.24, 2.45) is 0 Å². The fraction of sp³-hybridized carbons (Fsp3) is 0.222. The molecule has 1 heterocycles. The summed E-state index contributed by atoms with van der Waals surface area (Å²) in [5, 5.41) is 1.16. The van der Waals surface area contributed by atoms with Crippen LogP contribution in [0.2, 0.25) is 5.02 Å². The van der Waals surface area contributed by atoms with E-state index in [9.17, 15) is 8.42 Å². The lowest BCUT2D eigenvalue weighted by Crippen LogP contribution is -2.29. The third-order valence-electron chi connectivity index (χ3n) is 4.15. The van der Waals surface area contributed by atoms with Crippen molar-refractivity contribution >= 4 is 32.6 Å². The highest BCUT2D eigenvalue weighted by Gasteiger charge is 2.30. The van der Waals surface area contributed by atoms with E-state index in [1.807, 2.05) is 37.3 Å². The molecule has 0 fully saturated rings. The van der Waals surface area contributed by atoms with E-state index in [-0.39, 0.29) is 9.92 Å². The lowest BCUT2D eigenvalue weighted by Gasteiger charge is -2.23. The summed E-state index contributed by atoms with van der Waals surface area (Å²) < 4.78 is 32.9. The number of aryl methyl sites for hydroxylation is 1. The fourth-order valence-corrected chi connectivity index (χ4v) is 4.45. The third kappa shape index (κ3) is 2.95. The zero-order valence-corrected chi connectivity index (χ0v) is 15.2. The summed E-state index contributed by atoms with van der Waals surface area (Å²) in [6.07, 6.45) is 0. The average molecular weight is 364 g/mol. The van der Waals surface area contributed by atoms with Crippen molar-refractivity contribution in [2.45, 2.75) is 24.8 Å². The van der Waals surface area contributed by atoms with Gasteiger partial charge in [0.2, 0.25) is 10.0 Å². The molecule has 0 aliphatic heterocycles. The molecule has 2 aromatic carbocycles. The van der Waals surface area contributed by atoms with E-state index >= 15 is 0 Å². The van der Waals surface area contributed by atoms with Gasteiger partial charge in [0, 0.05) is 12.4 Å². The molecule has 0 spiro atoms. The summed E-state index contributed by atoms with van der Waals surface area (Å²) in [5.41, 5.74) is 1.57. The summed E-state index contributed by atoms with van der Waals surface area (Å²) >= 11 is 6.11. The first-order valence-corrected chi connectivity index (χ1v) is 9.35. The number of hydrogen-bond donors (Lipinski definition) is 0. The first-order chi connectivity index (χ1) is 11.3. The molecular formula is C18H18ClNO3S. The molecule has 0 radical (unpaired) electrons. The highest BCUT2D eigenvalue weighted by Crippen LogP contribution is 2.32. The largest absolute Gasteiger partial charge is 0.459 e. The number of para-hydroxylation sites is 1. The third-order valence-corrected chi connectivity index (χ3v) is 6.56. The number of benzene rings is 2. The Morgan fingerprint density at radius 3 is 2.54 bits per heavy atom. The van der Waals surface area contributed by atoms with E-state index in [4.69, 9.17) is 16.0 Å². The van der Waals surface area contributed by atoms with Gasteiger partial charge in [0.05, 0.1) is 11.1 Å². The van der Waals surface area contributed by atoms with E-state index in [0.29, 0.717) is 5.76 Å². The van der Waals surface area contributed by atoms with E-state index in [1.54, 1.807) is 25.1 Å². The van der Waals surface area contributed by atoms with Gasteiger partial charge in [0.25, 0.3) is 0 Å². The second-order valence-electron chi connectivity index (χ2n) is 5.82. The first kappa shape index (κ1) is 17.0. The van der Waals surface area contributed by atoms with Crippen LogP contribution in [0, 0.1) is 6.92 Å². The maximum absolute atomic E-state index is 12.9. The Morgan fingerprint density at radius 1 is 1.12 bits per heavy atom. The van der Waals surface area contributed by atoms with Gasteiger partial charge >= 0.3 is 0 Å². The van der Waals surface area contributed by atoms with E-state index in [1.165, 1.54) is 11.4 Å². The topological polar surface area (TPSA) is 50.5 Å². The number of halogens is 1. The van der Waals surface area contributed by atoms with Gasteiger partial charge in [0.1, 0.15) is 16.2 Å². The van der Waals surface area contributed by atoms with Crippen LogP contribution < -0.4 is 0 Å².